The maximum Gasteiger partial charge on any atom is 0.433 e. The molecule has 0 fully saturated rings. The number of halogens is 10. The average molecular weight is 620 g/mol. The molecule has 0 aliphatic rings. The number of rotatable bonds is 2. The van der Waals surface area contributed by atoms with Crippen LogP contribution < -0.4 is 0 Å². The van der Waals surface area contributed by atoms with Crippen molar-refractivity contribution in [3.05, 3.63) is 79.0 Å². The molecule has 4 aromatic rings. The zero-order valence-corrected chi connectivity index (χ0v) is 20.9. The van der Waals surface area contributed by atoms with Crippen molar-refractivity contribution in [2.75, 3.05) is 0 Å². The minimum atomic E-state index is -4.75. The minimum Gasteiger partial charge on any atom is -0.478 e. The van der Waals surface area contributed by atoms with Gasteiger partial charge in [0.05, 0.1) is 42.3 Å². The highest BCUT2D eigenvalue weighted by Crippen LogP contribution is 2.37. The Kier molecular flexibility index (Phi) is 8.23. The number of alkyl halides is 6. The van der Waals surface area contributed by atoms with Gasteiger partial charge in [-0.25, -0.2) is 19.6 Å². The number of carboxylic acid groups (broad SMARTS) is 2. The van der Waals surface area contributed by atoms with E-state index in [1.165, 1.54) is 18.2 Å². The van der Waals surface area contributed by atoms with E-state index in [1.807, 2.05) is 0 Å². The summed E-state index contributed by atoms with van der Waals surface area (Å²) in [6.07, 6.45) is -9.49. The Morgan fingerprint density at radius 1 is 0.658 bits per heavy atom. The maximum atomic E-state index is 12.6. The standard InChI is InChI=1S/2C11H4Cl2F3NO2/c12-6-1-4-5(10(18)19)2-9(11(14,15)16)17-8(4)3-7(6)13;12-5-1-2-6-8(9(5)13)4(10(18)19)3-7(17-6)11(14,15)16/h2*1-3H,(H,18,19). The second-order valence-electron chi connectivity index (χ2n) is 7.25. The summed E-state index contributed by atoms with van der Waals surface area (Å²) in [5, 5.41) is 17.8. The molecule has 0 aliphatic carbocycles. The van der Waals surface area contributed by atoms with E-state index in [0.29, 0.717) is 12.1 Å². The van der Waals surface area contributed by atoms with Gasteiger partial charge in [-0.3, -0.25) is 0 Å². The van der Waals surface area contributed by atoms with Gasteiger partial charge in [0.2, 0.25) is 0 Å². The number of hydrogen-bond donors (Lipinski definition) is 2. The fourth-order valence-electron chi connectivity index (χ4n) is 3.12. The Hall–Kier alpha value is -3.06. The molecule has 0 radical (unpaired) electrons. The smallest absolute Gasteiger partial charge is 0.433 e. The topological polar surface area (TPSA) is 100 Å². The van der Waals surface area contributed by atoms with Gasteiger partial charge < -0.3 is 10.2 Å². The largest absolute Gasteiger partial charge is 0.478 e. The third-order valence-corrected chi connectivity index (χ3v) is 6.28. The number of carboxylic acids is 2. The van der Waals surface area contributed by atoms with Gasteiger partial charge >= 0.3 is 24.3 Å². The van der Waals surface area contributed by atoms with Gasteiger partial charge in [0.1, 0.15) is 11.4 Å². The molecule has 0 saturated heterocycles. The van der Waals surface area contributed by atoms with E-state index in [0.717, 1.165) is 6.07 Å². The molecule has 2 aromatic carbocycles. The Bertz CT molecular complexity index is 1590. The van der Waals surface area contributed by atoms with Gasteiger partial charge in [-0.15, -0.1) is 0 Å². The minimum absolute atomic E-state index is 0.00247. The molecule has 2 heterocycles. The van der Waals surface area contributed by atoms with Crippen LogP contribution in [0.5, 0.6) is 0 Å². The molecule has 200 valence electrons. The van der Waals surface area contributed by atoms with Crippen LogP contribution in [0.25, 0.3) is 21.8 Å². The Balaban J connectivity index is 0.000000211. The average Bonchev–Trinajstić information content (AvgIpc) is 2.80. The lowest BCUT2D eigenvalue weighted by Crippen LogP contribution is -2.11. The number of nitrogens with zero attached hydrogens (tertiary/aromatic N) is 2. The molecule has 16 heteroatoms. The monoisotopic (exact) mass is 618 g/mol. The first-order valence-electron chi connectivity index (χ1n) is 9.61. The van der Waals surface area contributed by atoms with E-state index < -0.39 is 46.8 Å². The van der Waals surface area contributed by atoms with Crippen LogP contribution in [0.3, 0.4) is 0 Å². The number of fused-ring (bicyclic) bond motifs is 2. The van der Waals surface area contributed by atoms with Crippen molar-refractivity contribution in [1.29, 1.82) is 0 Å². The molecular formula is C22H8Cl4F6N2O4. The SMILES string of the molecule is O=C(O)c1cc(C(F)(F)F)nc2cc(Cl)c(Cl)cc12.O=C(O)c1cc(C(F)(F)F)nc2ccc(Cl)c(Cl)c12. The molecule has 2 N–H and O–H groups in total. The third kappa shape index (κ3) is 6.15. The summed E-state index contributed by atoms with van der Waals surface area (Å²) in [6, 6.07) is 5.62. The number of pyridine rings is 2. The Morgan fingerprint density at radius 2 is 1.13 bits per heavy atom. The maximum absolute atomic E-state index is 12.6. The van der Waals surface area contributed by atoms with Crippen molar-refractivity contribution in [2.24, 2.45) is 0 Å². The van der Waals surface area contributed by atoms with Crippen LogP contribution in [0, 0.1) is 0 Å². The van der Waals surface area contributed by atoms with Crippen molar-refractivity contribution in [1.82, 2.24) is 9.97 Å². The van der Waals surface area contributed by atoms with E-state index in [-0.39, 0.29) is 41.9 Å². The highest BCUT2D eigenvalue weighted by molar-refractivity contribution is 6.46. The molecule has 38 heavy (non-hydrogen) atoms. The summed E-state index contributed by atoms with van der Waals surface area (Å²) < 4.78 is 75.7. The fourth-order valence-corrected chi connectivity index (χ4v) is 3.86. The highest BCUT2D eigenvalue weighted by atomic mass is 35.5. The zero-order chi connectivity index (χ0) is 28.7. The van der Waals surface area contributed by atoms with Gasteiger partial charge in [0, 0.05) is 10.8 Å². The summed E-state index contributed by atoms with van der Waals surface area (Å²) in [5.41, 5.74) is -4.07. The third-order valence-electron chi connectivity index (χ3n) is 4.76. The molecule has 4 rings (SSSR count). The molecular weight excluding hydrogens is 612 g/mol. The summed E-state index contributed by atoms with van der Waals surface area (Å²) >= 11 is 22.9. The normalized spacial score (nSPS) is 11.8. The van der Waals surface area contributed by atoms with Gasteiger partial charge in [-0.1, -0.05) is 46.4 Å². The molecule has 0 saturated carbocycles. The first-order chi connectivity index (χ1) is 17.4. The van der Waals surface area contributed by atoms with Crippen LogP contribution in [-0.2, 0) is 12.4 Å². The van der Waals surface area contributed by atoms with Crippen molar-refractivity contribution in [3.63, 3.8) is 0 Å². The summed E-state index contributed by atoms with van der Waals surface area (Å²) in [4.78, 5) is 28.8. The predicted molar refractivity (Wildman–Crippen MR) is 127 cm³/mol. The Morgan fingerprint density at radius 3 is 1.63 bits per heavy atom. The van der Waals surface area contributed by atoms with E-state index in [2.05, 4.69) is 9.97 Å². The molecule has 6 nitrogen and oxygen atoms in total. The number of hydrogen-bond acceptors (Lipinski definition) is 4. The lowest BCUT2D eigenvalue weighted by atomic mass is 10.1. The van der Waals surface area contributed by atoms with Crippen molar-refractivity contribution >= 4 is 80.1 Å². The van der Waals surface area contributed by atoms with Gasteiger partial charge in [-0.05, 0) is 36.4 Å². The van der Waals surface area contributed by atoms with Crippen LogP contribution in [-0.4, -0.2) is 32.1 Å². The van der Waals surface area contributed by atoms with Gasteiger partial charge in [0.15, 0.2) is 0 Å². The van der Waals surface area contributed by atoms with Gasteiger partial charge in [0.25, 0.3) is 0 Å². The summed E-state index contributed by atoms with van der Waals surface area (Å²) in [6.45, 7) is 0. The van der Waals surface area contributed by atoms with E-state index in [4.69, 9.17) is 56.6 Å². The molecule has 0 unspecified atom stereocenters. The zero-order valence-electron chi connectivity index (χ0n) is 17.8. The van der Waals surface area contributed by atoms with Crippen LogP contribution in [0.1, 0.15) is 32.1 Å². The first-order valence-corrected chi connectivity index (χ1v) is 11.1. The first kappa shape index (κ1) is 29.5. The lowest BCUT2D eigenvalue weighted by Gasteiger charge is -2.11. The quantitative estimate of drug-likeness (QED) is 0.218. The van der Waals surface area contributed by atoms with Crippen LogP contribution >= 0.6 is 46.4 Å². The molecule has 0 aliphatic heterocycles. The summed E-state index contributed by atoms with van der Waals surface area (Å²) in [5.74, 6) is -3.04. The van der Waals surface area contributed by atoms with Crippen molar-refractivity contribution in [2.45, 2.75) is 12.4 Å². The van der Waals surface area contributed by atoms with Crippen LogP contribution in [0.15, 0.2) is 36.4 Å². The highest BCUT2D eigenvalue weighted by Gasteiger charge is 2.35. The molecule has 0 spiro atoms. The van der Waals surface area contributed by atoms with Crippen molar-refractivity contribution in [3.8, 4) is 0 Å². The lowest BCUT2D eigenvalue weighted by molar-refractivity contribution is -0.141. The van der Waals surface area contributed by atoms with Crippen LogP contribution in [0.4, 0.5) is 26.3 Å². The van der Waals surface area contributed by atoms with Crippen LogP contribution in [0.2, 0.25) is 20.1 Å². The fraction of sp³-hybridized carbons (Fsp3) is 0.0909. The molecule has 0 amide bonds. The van der Waals surface area contributed by atoms with Crippen molar-refractivity contribution < 1.29 is 46.1 Å². The van der Waals surface area contributed by atoms with Gasteiger partial charge in [-0.2, -0.15) is 26.3 Å². The predicted octanol–water partition coefficient (Wildman–Crippen LogP) is 8.52. The van der Waals surface area contributed by atoms with E-state index in [1.54, 1.807) is 0 Å². The summed E-state index contributed by atoms with van der Waals surface area (Å²) in [7, 11) is 0. The molecule has 0 atom stereocenters. The second-order valence-corrected chi connectivity index (χ2v) is 8.85. The van der Waals surface area contributed by atoms with E-state index in [9.17, 15) is 35.9 Å². The molecule has 0 bridgehead atoms. The Labute approximate surface area is 227 Å². The number of carbonyl (C=O) groups is 2. The second kappa shape index (κ2) is 10.6. The van der Waals surface area contributed by atoms with E-state index >= 15 is 0 Å². The number of aromatic carboxylic acids is 2. The number of aromatic nitrogens is 2. The number of benzene rings is 2. The molecule has 2 aromatic heterocycles.